The Labute approximate surface area is 162 Å². The van der Waals surface area contributed by atoms with E-state index in [0.29, 0.717) is 44.1 Å². The number of fused-ring (bicyclic) bond motifs is 1. The summed E-state index contributed by atoms with van der Waals surface area (Å²) in [4.78, 5) is 38.9. The minimum atomic E-state index is -0.160. The highest BCUT2D eigenvalue weighted by Gasteiger charge is 2.32. The number of aromatic nitrogens is 3. The van der Waals surface area contributed by atoms with Crippen molar-refractivity contribution in [1.29, 1.82) is 0 Å². The third kappa shape index (κ3) is 3.61. The number of furan rings is 1. The van der Waals surface area contributed by atoms with Crippen molar-refractivity contribution in [2.45, 2.75) is 32.2 Å². The summed E-state index contributed by atoms with van der Waals surface area (Å²) in [6.45, 7) is 2.40. The summed E-state index contributed by atoms with van der Waals surface area (Å²) in [5.41, 5.74) is 0.370. The molecule has 9 nitrogen and oxygen atoms in total. The molecule has 1 atom stereocenters. The number of likely N-dealkylation sites (tertiary alicyclic amines) is 1. The predicted molar refractivity (Wildman–Crippen MR) is 99.6 cm³/mol. The van der Waals surface area contributed by atoms with Crippen molar-refractivity contribution in [2.24, 2.45) is 18.9 Å². The quantitative estimate of drug-likeness (QED) is 0.818. The molecule has 0 saturated carbocycles. The van der Waals surface area contributed by atoms with Crippen LogP contribution in [0.25, 0.3) is 0 Å². The molecule has 1 fully saturated rings. The molecule has 0 bridgehead atoms. The molecular formula is C19H25N5O4. The van der Waals surface area contributed by atoms with Crippen molar-refractivity contribution in [3.63, 3.8) is 0 Å². The van der Waals surface area contributed by atoms with Gasteiger partial charge in [-0.05, 0) is 31.2 Å². The van der Waals surface area contributed by atoms with Gasteiger partial charge in [-0.15, -0.1) is 0 Å². The van der Waals surface area contributed by atoms with E-state index in [0.717, 1.165) is 25.1 Å². The maximum Gasteiger partial charge on any atom is 0.345 e. The molecule has 2 aromatic heterocycles. The Bertz CT molecular complexity index is 905. The van der Waals surface area contributed by atoms with Gasteiger partial charge >= 0.3 is 5.69 Å². The number of nitrogens with zero attached hydrogens (tertiary/aromatic N) is 4. The molecule has 150 valence electrons. The van der Waals surface area contributed by atoms with Crippen LogP contribution in [0.3, 0.4) is 0 Å². The van der Waals surface area contributed by atoms with Crippen LogP contribution in [0, 0.1) is 11.8 Å². The second kappa shape index (κ2) is 7.65. The van der Waals surface area contributed by atoms with Crippen LogP contribution in [0.1, 0.15) is 35.4 Å². The Kier molecular flexibility index (Phi) is 5.06. The zero-order valence-electron chi connectivity index (χ0n) is 16.0. The van der Waals surface area contributed by atoms with Crippen molar-refractivity contribution in [2.75, 3.05) is 19.6 Å². The van der Waals surface area contributed by atoms with Crippen molar-refractivity contribution < 1.29 is 14.0 Å². The summed E-state index contributed by atoms with van der Waals surface area (Å²) in [6.07, 6.45) is 6.02. The summed E-state index contributed by atoms with van der Waals surface area (Å²) in [5, 5.41) is 7.15. The maximum absolute atomic E-state index is 12.9. The van der Waals surface area contributed by atoms with Gasteiger partial charge in [-0.25, -0.2) is 9.48 Å². The number of carbonyl (C=O) groups is 2. The van der Waals surface area contributed by atoms with E-state index in [9.17, 15) is 14.4 Å². The fourth-order valence-electron chi connectivity index (χ4n) is 4.09. The summed E-state index contributed by atoms with van der Waals surface area (Å²) in [6, 6.07) is 1.64. The van der Waals surface area contributed by atoms with Crippen LogP contribution < -0.4 is 11.0 Å². The fourth-order valence-corrected chi connectivity index (χ4v) is 4.09. The monoisotopic (exact) mass is 387 g/mol. The minimum absolute atomic E-state index is 0.127. The van der Waals surface area contributed by atoms with Gasteiger partial charge in [0.1, 0.15) is 12.1 Å². The summed E-state index contributed by atoms with van der Waals surface area (Å²) < 4.78 is 7.89. The van der Waals surface area contributed by atoms with Gasteiger partial charge in [-0.3, -0.25) is 14.2 Å². The van der Waals surface area contributed by atoms with Gasteiger partial charge in [0.15, 0.2) is 0 Å². The van der Waals surface area contributed by atoms with Gasteiger partial charge in [0.25, 0.3) is 5.91 Å². The topological polar surface area (TPSA) is 102 Å². The maximum atomic E-state index is 12.9. The van der Waals surface area contributed by atoms with E-state index >= 15 is 0 Å². The highest BCUT2D eigenvalue weighted by atomic mass is 16.3. The first kappa shape index (κ1) is 18.5. The van der Waals surface area contributed by atoms with Crippen LogP contribution in [0.15, 0.2) is 27.8 Å². The lowest BCUT2D eigenvalue weighted by molar-refractivity contribution is -0.138. The van der Waals surface area contributed by atoms with E-state index in [-0.39, 0.29) is 23.4 Å². The first-order valence-corrected chi connectivity index (χ1v) is 9.75. The van der Waals surface area contributed by atoms with Crippen molar-refractivity contribution in [3.8, 4) is 0 Å². The van der Waals surface area contributed by atoms with Crippen LogP contribution in [0.5, 0.6) is 0 Å². The normalized spacial score (nSPS) is 20.0. The number of nitrogens with one attached hydrogen (secondary N) is 1. The molecule has 1 N–H and O–H groups in total. The highest BCUT2D eigenvalue weighted by Crippen LogP contribution is 2.23. The van der Waals surface area contributed by atoms with Crippen molar-refractivity contribution >= 4 is 11.8 Å². The van der Waals surface area contributed by atoms with E-state index in [1.165, 1.54) is 17.2 Å². The lowest BCUT2D eigenvalue weighted by atomic mass is 9.93. The van der Waals surface area contributed by atoms with Crippen LogP contribution in [-0.4, -0.2) is 50.7 Å². The largest absolute Gasteiger partial charge is 0.472 e. The molecule has 0 radical (unpaired) electrons. The molecular weight excluding hydrogens is 362 g/mol. The highest BCUT2D eigenvalue weighted by molar-refractivity contribution is 5.93. The average molecular weight is 387 g/mol. The van der Waals surface area contributed by atoms with Crippen LogP contribution in [0.2, 0.25) is 0 Å². The molecule has 4 heterocycles. The average Bonchev–Trinajstić information content (AvgIpc) is 3.35. The second-order valence-corrected chi connectivity index (χ2v) is 7.66. The predicted octanol–water partition coefficient (Wildman–Crippen LogP) is 0.406. The first-order chi connectivity index (χ1) is 13.5. The van der Waals surface area contributed by atoms with E-state index in [4.69, 9.17) is 4.42 Å². The first-order valence-electron chi connectivity index (χ1n) is 9.75. The van der Waals surface area contributed by atoms with E-state index < -0.39 is 0 Å². The third-order valence-electron chi connectivity index (χ3n) is 5.81. The SMILES string of the molecule is Cn1nc2n(c1=O)C[C@@H](C(=O)N1CCC(CNC(=O)c3ccoc3)CC1)CC2. The Morgan fingerprint density at radius 2 is 2.07 bits per heavy atom. The van der Waals surface area contributed by atoms with Crippen molar-refractivity contribution in [3.05, 3.63) is 40.5 Å². The Morgan fingerprint density at radius 1 is 1.29 bits per heavy atom. The lowest BCUT2D eigenvalue weighted by Crippen LogP contribution is -2.46. The molecule has 4 rings (SSSR count). The van der Waals surface area contributed by atoms with E-state index in [2.05, 4.69) is 10.4 Å². The van der Waals surface area contributed by atoms with Gasteiger partial charge in [-0.2, -0.15) is 5.10 Å². The molecule has 0 spiro atoms. The number of hydrogen-bond donors (Lipinski definition) is 1. The van der Waals surface area contributed by atoms with E-state index in [1.807, 2.05) is 4.90 Å². The number of piperidine rings is 1. The summed E-state index contributed by atoms with van der Waals surface area (Å²) in [5.74, 6) is 0.962. The number of aryl methyl sites for hydroxylation is 2. The molecule has 1 saturated heterocycles. The molecule has 28 heavy (non-hydrogen) atoms. The van der Waals surface area contributed by atoms with Gasteiger partial charge < -0.3 is 14.6 Å². The van der Waals surface area contributed by atoms with Gasteiger partial charge in [0, 0.05) is 39.6 Å². The smallest absolute Gasteiger partial charge is 0.345 e. The summed E-state index contributed by atoms with van der Waals surface area (Å²) in [7, 11) is 1.64. The molecule has 2 aliphatic rings. The molecule has 0 aliphatic carbocycles. The molecule has 2 amide bonds. The van der Waals surface area contributed by atoms with Gasteiger partial charge in [-0.1, -0.05) is 0 Å². The second-order valence-electron chi connectivity index (χ2n) is 7.66. The minimum Gasteiger partial charge on any atom is -0.472 e. The standard InChI is InChI=1S/C19H25N5O4/c1-22-19(27)24-11-14(2-3-16(24)21-22)18(26)23-7-4-13(5-8-23)10-20-17(25)15-6-9-28-12-15/h6,9,12-14H,2-5,7-8,10-11H2,1H3,(H,20,25)/t14-/m0/s1. The number of carbonyl (C=O) groups excluding carboxylic acids is 2. The fraction of sp³-hybridized carbons (Fsp3) is 0.579. The molecule has 0 aromatic carbocycles. The molecule has 0 unspecified atom stereocenters. The Balaban J connectivity index is 1.27. The van der Waals surface area contributed by atoms with Crippen LogP contribution >= 0.6 is 0 Å². The third-order valence-corrected chi connectivity index (χ3v) is 5.81. The van der Waals surface area contributed by atoms with Gasteiger partial charge in [0.05, 0.1) is 17.7 Å². The zero-order chi connectivity index (χ0) is 19.7. The van der Waals surface area contributed by atoms with Crippen molar-refractivity contribution in [1.82, 2.24) is 24.6 Å². The van der Waals surface area contributed by atoms with E-state index in [1.54, 1.807) is 17.7 Å². The number of hydrogen-bond acceptors (Lipinski definition) is 5. The zero-order valence-corrected chi connectivity index (χ0v) is 16.0. The van der Waals surface area contributed by atoms with Gasteiger partial charge in [0.2, 0.25) is 5.91 Å². The number of amides is 2. The van der Waals surface area contributed by atoms with Crippen LogP contribution in [-0.2, 0) is 24.8 Å². The molecule has 2 aliphatic heterocycles. The molecule has 9 heteroatoms. The summed E-state index contributed by atoms with van der Waals surface area (Å²) >= 11 is 0. The number of rotatable bonds is 4. The lowest BCUT2D eigenvalue weighted by Gasteiger charge is -2.35. The van der Waals surface area contributed by atoms with Crippen LogP contribution in [0.4, 0.5) is 0 Å². The molecule has 2 aromatic rings. The Hall–Kier alpha value is -2.84. The Morgan fingerprint density at radius 3 is 2.79 bits per heavy atom.